The van der Waals surface area contributed by atoms with Gasteiger partial charge in [-0.1, -0.05) is 0 Å². The molecule has 0 atom stereocenters. The number of amides is 1. The summed E-state index contributed by atoms with van der Waals surface area (Å²) in [6.45, 7) is 0.333. The highest BCUT2D eigenvalue weighted by molar-refractivity contribution is 6.08. The molecule has 2 aromatic carbocycles. The van der Waals surface area contributed by atoms with Gasteiger partial charge in [-0.3, -0.25) is 9.78 Å². The van der Waals surface area contributed by atoms with Crippen LogP contribution in [0.25, 0.3) is 10.9 Å². The zero-order valence-corrected chi connectivity index (χ0v) is 19.3. The highest BCUT2D eigenvalue weighted by atomic mass is 16.5. The van der Waals surface area contributed by atoms with Crippen LogP contribution in [0.4, 0.5) is 5.69 Å². The number of ether oxygens (including phenoxy) is 5. The third-order valence-electron chi connectivity index (χ3n) is 5.25. The fourth-order valence-corrected chi connectivity index (χ4v) is 3.56. The van der Waals surface area contributed by atoms with Gasteiger partial charge in [-0.15, -0.1) is 0 Å². The number of methoxy groups -OCH3 is 4. The summed E-state index contributed by atoms with van der Waals surface area (Å²) in [4.78, 5) is 20.2. The number of nitrogens with one attached hydrogen (secondary N) is 2. The molecular weight excluding hydrogens is 438 g/mol. The Morgan fingerprint density at radius 3 is 2.26 bits per heavy atom. The van der Waals surface area contributed by atoms with E-state index in [-0.39, 0.29) is 5.91 Å². The minimum absolute atomic E-state index is 0.329. The van der Waals surface area contributed by atoms with Crippen LogP contribution in [-0.2, 0) is 6.61 Å². The molecule has 0 aliphatic heterocycles. The topological polar surface area (TPSA) is 104 Å². The van der Waals surface area contributed by atoms with E-state index in [0.717, 1.165) is 5.56 Å². The molecule has 34 heavy (non-hydrogen) atoms. The number of benzene rings is 2. The first-order chi connectivity index (χ1) is 16.6. The van der Waals surface area contributed by atoms with E-state index >= 15 is 0 Å². The largest absolute Gasteiger partial charge is 0.496 e. The first kappa shape index (κ1) is 22.8. The van der Waals surface area contributed by atoms with E-state index in [1.165, 1.54) is 14.2 Å². The van der Waals surface area contributed by atoms with Crippen LogP contribution in [0.2, 0.25) is 0 Å². The van der Waals surface area contributed by atoms with Crippen LogP contribution in [0.1, 0.15) is 16.1 Å². The molecule has 0 aliphatic carbocycles. The molecule has 0 radical (unpaired) electrons. The molecule has 0 saturated heterocycles. The van der Waals surface area contributed by atoms with Crippen LogP contribution in [0.3, 0.4) is 0 Å². The lowest BCUT2D eigenvalue weighted by Crippen LogP contribution is -2.12. The van der Waals surface area contributed by atoms with E-state index in [1.807, 2.05) is 12.1 Å². The average molecular weight is 463 g/mol. The van der Waals surface area contributed by atoms with Crippen molar-refractivity contribution in [3.05, 3.63) is 66.1 Å². The molecule has 4 aromatic rings. The molecule has 0 unspecified atom stereocenters. The number of hydrogen-bond donors (Lipinski definition) is 2. The lowest BCUT2D eigenvalue weighted by Gasteiger charge is -2.13. The van der Waals surface area contributed by atoms with Gasteiger partial charge >= 0.3 is 0 Å². The number of pyridine rings is 1. The fraction of sp³-hybridized carbons (Fsp3) is 0.200. The maximum atomic E-state index is 13.0. The van der Waals surface area contributed by atoms with Crippen molar-refractivity contribution in [1.29, 1.82) is 0 Å². The van der Waals surface area contributed by atoms with Gasteiger partial charge in [-0.05, 0) is 35.9 Å². The first-order valence-electron chi connectivity index (χ1n) is 10.4. The van der Waals surface area contributed by atoms with Crippen LogP contribution in [0.15, 0.2) is 54.9 Å². The Labute approximate surface area is 196 Å². The summed E-state index contributed by atoms with van der Waals surface area (Å²) in [6.07, 6.45) is 3.40. The summed E-state index contributed by atoms with van der Waals surface area (Å²) >= 11 is 0. The van der Waals surface area contributed by atoms with Crippen LogP contribution in [-0.4, -0.2) is 44.3 Å². The van der Waals surface area contributed by atoms with Gasteiger partial charge in [0.15, 0.2) is 23.0 Å². The maximum Gasteiger partial charge on any atom is 0.272 e. The van der Waals surface area contributed by atoms with Crippen LogP contribution in [0.5, 0.6) is 28.7 Å². The van der Waals surface area contributed by atoms with Crippen LogP contribution < -0.4 is 29.0 Å². The Hall–Kier alpha value is -4.40. The van der Waals surface area contributed by atoms with Crippen LogP contribution >= 0.6 is 0 Å². The summed E-state index contributed by atoms with van der Waals surface area (Å²) < 4.78 is 27.7. The van der Waals surface area contributed by atoms with Gasteiger partial charge in [-0.25, -0.2) is 0 Å². The molecule has 0 spiro atoms. The van der Waals surface area contributed by atoms with Gasteiger partial charge in [0.2, 0.25) is 0 Å². The van der Waals surface area contributed by atoms with Gasteiger partial charge in [0.1, 0.15) is 18.1 Å². The Balaban J connectivity index is 1.59. The third-order valence-corrected chi connectivity index (χ3v) is 5.25. The molecule has 2 heterocycles. The minimum atomic E-state index is -0.343. The third kappa shape index (κ3) is 4.54. The van der Waals surface area contributed by atoms with Gasteiger partial charge in [0, 0.05) is 35.6 Å². The number of carbonyl (C=O) groups is 1. The molecule has 1 amide bonds. The van der Waals surface area contributed by atoms with Crippen molar-refractivity contribution in [3.8, 4) is 28.7 Å². The zero-order valence-electron chi connectivity index (χ0n) is 19.3. The van der Waals surface area contributed by atoms with Crippen molar-refractivity contribution in [2.45, 2.75) is 6.61 Å². The van der Waals surface area contributed by atoms with Crippen molar-refractivity contribution in [1.82, 2.24) is 9.97 Å². The predicted octanol–water partition coefficient (Wildman–Crippen LogP) is 4.43. The lowest BCUT2D eigenvalue weighted by molar-refractivity contribution is 0.102. The Kier molecular flexibility index (Phi) is 6.72. The quantitative estimate of drug-likeness (QED) is 0.378. The molecule has 9 heteroatoms. The SMILES string of the molecule is COc1ccc(NC(=O)c2cc3c(OC)cc(OC)c(OC)c3[nH]2)cc1OCc1ccncc1. The summed E-state index contributed by atoms with van der Waals surface area (Å²) in [5.41, 5.74) is 2.43. The summed E-state index contributed by atoms with van der Waals surface area (Å²) in [6, 6.07) is 12.3. The predicted molar refractivity (Wildman–Crippen MR) is 127 cm³/mol. The smallest absolute Gasteiger partial charge is 0.272 e. The monoisotopic (exact) mass is 463 g/mol. The van der Waals surface area contributed by atoms with E-state index in [4.69, 9.17) is 23.7 Å². The molecule has 0 bridgehead atoms. The second-order valence-electron chi connectivity index (χ2n) is 7.25. The molecule has 2 aromatic heterocycles. The van der Waals surface area contributed by atoms with Crippen molar-refractivity contribution in [2.75, 3.05) is 33.8 Å². The molecular formula is C25H25N3O6. The molecule has 0 fully saturated rings. The van der Waals surface area contributed by atoms with Gasteiger partial charge in [0.25, 0.3) is 5.91 Å². The Bertz CT molecular complexity index is 1300. The van der Waals surface area contributed by atoms with E-state index in [0.29, 0.717) is 57.6 Å². The van der Waals surface area contributed by atoms with E-state index < -0.39 is 0 Å². The van der Waals surface area contributed by atoms with Crippen LogP contribution in [0, 0.1) is 0 Å². The van der Waals surface area contributed by atoms with Gasteiger partial charge < -0.3 is 34.0 Å². The lowest BCUT2D eigenvalue weighted by atomic mass is 10.2. The maximum absolute atomic E-state index is 13.0. The normalized spacial score (nSPS) is 10.6. The highest BCUT2D eigenvalue weighted by Crippen LogP contribution is 2.41. The second-order valence-corrected chi connectivity index (χ2v) is 7.25. The molecule has 0 aliphatic rings. The van der Waals surface area contributed by atoms with Crippen molar-refractivity contribution in [2.24, 2.45) is 0 Å². The number of rotatable bonds is 9. The second kappa shape index (κ2) is 10.0. The van der Waals surface area contributed by atoms with E-state index in [9.17, 15) is 4.79 Å². The standard InChI is InChI=1S/C25H25N3O6/c1-30-19-6-5-16(11-21(19)34-14-15-7-9-26-10-8-15)27-25(29)18-12-17-20(31-2)13-22(32-3)24(33-4)23(17)28-18/h5-13,28H,14H2,1-4H3,(H,27,29). The summed E-state index contributed by atoms with van der Waals surface area (Å²) in [5, 5.41) is 3.58. The van der Waals surface area contributed by atoms with E-state index in [1.54, 1.807) is 56.9 Å². The molecule has 4 rings (SSSR count). The molecule has 176 valence electrons. The molecule has 2 N–H and O–H groups in total. The molecule has 9 nitrogen and oxygen atoms in total. The number of hydrogen-bond acceptors (Lipinski definition) is 7. The fourth-order valence-electron chi connectivity index (χ4n) is 3.56. The van der Waals surface area contributed by atoms with Gasteiger partial charge in [-0.2, -0.15) is 0 Å². The van der Waals surface area contributed by atoms with Crippen molar-refractivity contribution >= 4 is 22.5 Å². The zero-order chi connectivity index (χ0) is 24.1. The Morgan fingerprint density at radius 1 is 0.853 bits per heavy atom. The first-order valence-corrected chi connectivity index (χ1v) is 10.4. The van der Waals surface area contributed by atoms with Crippen molar-refractivity contribution in [3.63, 3.8) is 0 Å². The summed E-state index contributed by atoms with van der Waals surface area (Å²) in [5.74, 6) is 2.24. The Morgan fingerprint density at radius 2 is 1.59 bits per heavy atom. The number of fused-ring (bicyclic) bond motifs is 1. The number of H-pyrrole nitrogens is 1. The minimum Gasteiger partial charge on any atom is -0.496 e. The number of aromatic nitrogens is 2. The van der Waals surface area contributed by atoms with Gasteiger partial charge in [0.05, 0.1) is 34.0 Å². The highest BCUT2D eigenvalue weighted by Gasteiger charge is 2.20. The summed E-state index contributed by atoms with van der Waals surface area (Å²) in [7, 11) is 6.19. The molecule has 0 saturated carbocycles. The number of anilines is 1. The number of aromatic amines is 1. The number of nitrogens with zero attached hydrogens (tertiary/aromatic N) is 1. The number of carbonyl (C=O) groups excluding carboxylic acids is 1. The average Bonchev–Trinajstić information content (AvgIpc) is 3.32. The van der Waals surface area contributed by atoms with E-state index in [2.05, 4.69) is 15.3 Å². The van der Waals surface area contributed by atoms with Crippen molar-refractivity contribution < 1.29 is 28.5 Å².